The predicted molar refractivity (Wildman–Crippen MR) is 135 cm³/mol. The molecule has 197 valence electrons. The minimum absolute atomic E-state index is 0.0833. The molecule has 0 bridgehead atoms. The third-order valence-corrected chi connectivity index (χ3v) is 4.46. The van der Waals surface area contributed by atoms with Gasteiger partial charge in [0.1, 0.15) is 0 Å². The summed E-state index contributed by atoms with van der Waals surface area (Å²) in [6.45, 7) is 25.7. The van der Waals surface area contributed by atoms with Crippen molar-refractivity contribution in [1.82, 2.24) is 0 Å². The Balaban J connectivity index is -0.000000176. The van der Waals surface area contributed by atoms with Gasteiger partial charge in [-0.15, -0.1) is 0 Å². The molecule has 0 rings (SSSR count). The van der Waals surface area contributed by atoms with Crippen LogP contribution in [0.1, 0.15) is 122 Å². The van der Waals surface area contributed by atoms with Crippen molar-refractivity contribution in [1.29, 1.82) is 0 Å². The van der Waals surface area contributed by atoms with Gasteiger partial charge in [0.25, 0.3) is 0 Å². The van der Waals surface area contributed by atoms with E-state index in [-0.39, 0.29) is 18.3 Å². The fourth-order valence-electron chi connectivity index (χ4n) is 3.55. The summed E-state index contributed by atoms with van der Waals surface area (Å²) < 4.78 is 8.19. The van der Waals surface area contributed by atoms with Crippen molar-refractivity contribution in [2.75, 3.05) is 0 Å². The van der Waals surface area contributed by atoms with Crippen molar-refractivity contribution in [2.45, 2.75) is 140 Å². The van der Waals surface area contributed by atoms with E-state index in [9.17, 15) is 15.3 Å². The van der Waals surface area contributed by atoms with E-state index < -0.39 is 0 Å². The third-order valence-electron chi connectivity index (χ3n) is 4.46. The Bertz CT molecular complexity index is 275. The summed E-state index contributed by atoms with van der Waals surface area (Å²) in [7, 11) is 0. The molecule has 4 nitrogen and oxygen atoms in total. The molecule has 5 heteroatoms. The first kappa shape index (κ1) is 39.5. The van der Waals surface area contributed by atoms with Crippen LogP contribution < -0.4 is 0 Å². The molecule has 0 saturated heterocycles. The van der Waals surface area contributed by atoms with Gasteiger partial charge in [-0.05, 0) is 74.0 Å². The van der Waals surface area contributed by atoms with Crippen LogP contribution in [0.25, 0.3) is 0 Å². The predicted octanol–water partition coefficient (Wildman–Crippen LogP) is 7.20. The van der Waals surface area contributed by atoms with Crippen LogP contribution in [0, 0.1) is 35.5 Å². The molecule has 0 aliphatic carbocycles. The van der Waals surface area contributed by atoms with Crippen molar-refractivity contribution in [3.63, 3.8) is 0 Å². The van der Waals surface area contributed by atoms with Gasteiger partial charge in [-0.1, -0.05) is 83.1 Å². The zero-order chi connectivity index (χ0) is 26.4. The summed E-state index contributed by atoms with van der Waals surface area (Å²) in [5.74, 6) is 3.72. The van der Waals surface area contributed by atoms with E-state index in [1.54, 1.807) is 0 Å². The second-order valence-corrected chi connectivity index (χ2v) is 11.7. The summed E-state index contributed by atoms with van der Waals surface area (Å²) in [4.78, 5) is 0. The van der Waals surface area contributed by atoms with Gasteiger partial charge in [-0.2, -0.15) is 0 Å². The van der Waals surface area contributed by atoms with Crippen molar-refractivity contribution in [3.05, 3.63) is 0 Å². The summed E-state index contributed by atoms with van der Waals surface area (Å²) in [6, 6.07) is 0. The van der Waals surface area contributed by atoms with Gasteiger partial charge in [0, 0.05) is 0 Å². The van der Waals surface area contributed by atoms with E-state index in [4.69, 9.17) is 3.67 Å². The molecule has 0 spiro atoms. The van der Waals surface area contributed by atoms with Gasteiger partial charge in [0.2, 0.25) is 0 Å². The van der Waals surface area contributed by atoms with E-state index in [1.165, 1.54) is 0 Å². The molecule has 0 saturated carbocycles. The molecule has 0 aromatic heterocycles. The summed E-state index contributed by atoms with van der Waals surface area (Å²) >= 11 is 1.06. The van der Waals surface area contributed by atoms with Crippen molar-refractivity contribution < 1.29 is 36.4 Å². The molecule has 32 heavy (non-hydrogen) atoms. The number of rotatable bonds is 12. The first-order valence-corrected chi connectivity index (χ1v) is 13.4. The molecule has 0 aliphatic heterocycles. The molecule has 0 fully saturated rings. The van der Waals surface area contributed by atoms with Gasteiger partial charge in [0.05, 0.1) is 18.3 Å². The second-order valence-electron chi connectivity index (χ2n) is 11.7. The Labute approximate surface area is 211 Å². The van der Waals surface area contributed by atoms with Gasteiger partial charge in [-0.3, -0.25) is 0 Å². The number of aliphatic hydroxyl groups excluding tert-OH is 3. The van der Waals surface area contributed by atoms with Gasteiger partial charge in [-0.25, -0.2) is 0 Å². The molecular weight excluding hydrogens is 439 g/mol. The third kappa shape index (κ3) is 44.0. The van der Waals surface area contributed by atoms with E-state index in [0.717, 1.165) is 55.9 Å². The Hall–Kier alpha value is 0.264. The number of hydrogen-bond donors (Lipinski definition) is 3. The number of hydrogen-bond acceptors (Lipinski definition) is 4. The van der Waals surface area contributed by atoms with Crippen LogP contribution in [0.4, 0.5) is 0 Å². The Kier molecular flexibility index (Phi) is 31.9. The quantitative estimate of drug-likeness (QED) is 0.265. The number of aliphatic hydroxyl groups is 3. The zero-order valence-corrected chi connectivity index (χ0v) is 25.0. The second kappa shape index (κ2) is 25.9. The Morgan fingerprint density at radius 3 is 0.531 bits per heavy atom. The molecule has 0 radical (unpaired) electrons. The molecule has 0 heterocycles. The van der Waals surface area contributed by atoms with Gasteiger partial charge < -0.3 is 15.3 Å². The fraction of sp³-hybridized carbons (Fsp3) is 1.00. The molecule has 0 aromatic rings. The Morgan fingerprint density at radius 1 is 0.375 bits per heavy atom. The maximum absolute atomic E-state index is 9.39. The fourth-order valence-corrected chi connectivity index (χ4v) is 3.55. The van der Waals surface area contributed by atoms with Crippen LogP contribution in [0.5, 0.6) is 0 Å². The van der Waals surface area contributed by atoms with Crippen LogP contribution in [-0.4, -0.2) is 33.6 Å². The van der Waals surface area contributed by atoms with E-state index >= 15 is 0 Å². The van der Waals surface area contributed by atoms with Crippen LogP contribution in [-0.2, 0) is 21.0 Å². The summed E-state index contributed by atoms with van der Waals surface area (Å²) in [5, 5.41) is 28.2. The standard InChI is InChI=1S/3C9H20O.O.V/c3*1-7(2)5-9(10)6-8(3)4;;/h3*7-10H,5-6H2,1-4H3;;. The average molecular weight is 500 g/mol. The maximum atomic E-state index is 9.39. The zero-order valence-electron chi connectivity index (χ0n) is 23.6. The molecule has 0 aromatic carbocycles. The van der Waals surface area contributed by atoms with Gasteiger partial charge >= 0.3 is 21.0 Å². The van der Waals surface area contributed by atoms with E-state index in [1.807, 2.05) is 0 Å². The van der Waals surface area contributed by atoms with Gasteiger partial charge in [0.15, 0.2) is 0 Å². The SMILES string of the molecule is CC(C)CC(O)CC(C)C.CC(C)CC(O)CC(C)C.CC(C)CC(O)CC(C)C.[O]=[V]. The van der Waals surface area contributed by atoms with E-state index in [0.29, 0.717) is 35.5 Å². The molecule has 0 amide bonds. The molecule has 0 unspecified atom stereocenters. The normalized spacial score (nSPS) is 11.3. The molecule has 0 atom stereocenters. The van der Waals surface area contributed by atoms with Crippen LogP contribution in [0.15, 0.2) is 0 Å². The Morgan fingerprint density at radius 2 is 0.469 bits per heavy atom. The van der Waals surface area contributed by atoms with Crippen molar-refractivity contribution in [3.8, 4) is 0 Å². The first-order chi connectivity index (χ1) is 14.6. The monoisotopic (exact) mass is 499 g/mol. The van der Waals surface area contributed by atoms with E-state index in [2.05, 4.69) is 83.1 Å². The topological polar surface area (TPSA) is 77.8 Å². The average Bonchev–Trinajstić information content (AvgIpc) is 2.52. The summed E-state index contributed by atoms with van der Waals surface area (Å²) in [6.07, 6.45) is 5.41. The van der Waals surface area contributed by atoms with Crippen LogP contribution >= 0.6 is 0 Å². The molecule has 3 N–H and O–H groups in total. The van der Waals surface area contributed by atoms with Crippen LogP contribution in [0.3, 0.4) is 0 Å². The first-order valence-electron chi connectivity index (χ1n) is 12.8. The van der Waals surface area contributed by atoms with Crippen LogP contribution in [0.2, 0.25) is 0 Å². The molecule has 0 aliphatic rings. The van der Waals surface area contributed by atoms with Crippen molar-refractivity contribution in [2.24, 2.45) is 35.5 Å². The van der Waals surface area contributed by atoms with Crippen molar-refractivity contribution >= 4 is 0 Å². The molecular formula is C27H60O4V. The summed E-state index contributed by atoms with van der Waals surface area (Å²) in [5.41, 5.74) is 0. The minimum atomic E-state index is -0.0833.